The minimum atomic E-state index is 0.0487. The summed E-state index contributed by atoms with van der Waals surface area (Å²) in [7, 11) is 0. The number of Topliss-reactive ketones (excluding diaryl/α,β-unsaturated/α-hetero) is 1. The molecule has 20 heavy (non-hydrogen) atoms. The van der Waals surface area contributed by atoms with Gasteiger partial charge in [0.2, 0.25) is 0 Å². The standard InChI is InChI=1S/C17H16Cl2O/c1-11-3-4-12(2)13(9-11)5-8-17(20)15-7-6-14(18)10-16(15)19/h3-4,6-7,9-10H,5,8H2,1-2H3. The van der Waals surface area contributed by atoms with Crippen molar-refractivity contribution >= 4 is 29.0 Å². The number of halogens is 2. The first-order valence-corrected chi connectivity index (χ1v) is 7.27. The van der Waals surface area contributed by atoms with Crippen LogP contribution in [0.4, 0.5) is 0 Å². The Morgan fingerprint density at radius 2 is 1.80 bits per heavy atom. The Morgan fingerprint density at radius 3 is 2.50 bits per heavy atom. The Labute approximate surface area is 129 Å². The quantitative estimate of drug-likeness (QED) is 0.689. The fourth-order valence-corrected chi connectivity index (χ4v) is 2.68. The molecule has 0 aliphatic heterocycles. The van der Waals surface area contributed by atoms with Gasteiger partial charge in [0.05, 0.1) is 5.02 Å². The van der Waals surface area contributed by atoms with Crippen LogP contribution in [0.5, 0.6) is 0 Å². The molecule has 0 spiro atoms. The van der Waals surface area contributed by atoms with Crippen LogP contribution in [0.25, 0.3) is 0 Å². The average molecular weight is 307 g/mol. The lowest BCUT2D eigenvalue weighted by molar-refractivity contribution is 0.0983. The van der Waals surface area contributed by atoms with Gasteiger partial charge in [0.25, 0.3) is 0 Å². The highest BCUT2D eigenvalue weighted by atomic mass is 35.5. The number of carbonyl (C=O) groups is 1. The van der Waals surface area contributed by atoms with Crippen molar-refractivity contribution in [2.45, 2.75) is 26.7 Å². The molecule has 3 heteroatoms. The number of aryl methyl sites for hydroxylation is 3. The molecule has 0 saturated heterocycles. The maximum absolute atomic E-state index is 12.2. The van der Waals surface area contributed by atoms with Crippen LogP contribution in [-0.4, -0.2) is 5.78 Å². The van der Waals surface area contributed by atoms with Gasteiger partial charge in [0.1, 0.15) is 0 Å². The summed E-state index contributed by atoms with van der Waals surface area (Å²) in [6, 6.07) is 11.3. The van der Waals surface area contributed by atoms with E-state index in [-0.39, 0.29) is 5.78 Å². The van der Waals surface area contributed by atoms with Gasteiger partial charge >= 0.3 is 0 Å². The molecular weight excluding hydrogens is 291 g/mol. The lowest BCUT2D eigenvalue weighted by Crippen LogP contribution is -2.03. The van der Waals surface area contributed by atoms with Gasteiger partial charge in [-0.2, -0.15) is 0 Å². The highest BCUT2D eigenvalue weighted by molar-refractivity contribution is 6.36. The van der Waals surface area contributed by atoms with E-state index >= 15 is 0 Å². The van der Waals surface area contributed by atoms with Crippen LogP contribution >= 0.6 is 23.2 Å². The summed E-state index contributed by atoms with van der Waals surface area (Å²) in [5, 5.41) is 0.963. The van der Waals surface area contributed by atoms with Crippen molar-refractivity contribution in [2.75, 3.05) is 0 Å². The van der Waals surface area contributed by atoms with Crippen molar-refractivity contribution in [1.29, 1.82) is 0 Å². The van der Waals surface area contributed by atoms with Gasteiger partial charge in [0.15, 0.2) is 5.78 Å². The molecule has 0 aromatic heterocycles. The second-order valence-corrected chi connectivity index (χ2v) is 5.82. The molecule has 0 unspecified atom stereocenters. The van der Waals surface area contributed by atoms with E-state index in [1.54, 1.807) is 18.2 Å². The molecule has 1 nitrogen and oxygen atoms in total. The van der Waals surface area contributed by atoms with E-state index in [1.165, 1.54) is 16.7 Å². The Kier molecular flexibility index (Phi) is 4.85. The van der Waals surface area contributed by atoms with Gasteiger partial charge in [-0.05, 0) is 49.6 Å². The Hall–Kier alpha value is -1.31. The Morgan fingerprint density at radius 1 is 1.05 bits per heavy atom. The maximum Gasteiger partial charge on any atom is 0.164 e. The molecule has 2 rings (SSSR count). The molecule has 0 heterocycles. The van der Waals surface area contributed by atoms with Crippen LogP contribution < -0.4 is 0 Å². The molecule has 0 fully saturated rings. The first kappa shape index (κ1) is 15.1. The van der Waals surface area contributed by atoms with E-state index in [1.807, 2.05) is 0 Å². The van der Waals surface area contributed by atoms with Crippen molar-refractivity contribution in [3.63, 3.8) is 0 Å². The first-order valence-electron chi connectivity index (χ1n) is 6.52. The van der Waals surface area contributed by atoms with Crippen molar-refractivity contribution < 1.29 is 4.79 Å². The normalized spacial score (nSPS) is 10.6. The summed E-state index contributed by atoms with van der Waals surface area (Å²) in [5.41, 5.74) is 4.18. The predicted molar refractivity (Wildman–Crippen MR) is 85.0 cm³/mol. The van der Waals surface area contributed by atoms with Gasteiger partial charge < -0.3 is 0 Å². The summed E-state index contributed by atoms with van der Waals surface area (Å²) >= 11 is 11.9. The zero-order chi connectivity index (χ0) is 14.7. The number of rotatable bonds is 4. The molecule has 0 N–H and O–H groups in total. The van der Waals surface area contributed by atoms with Crippen molar-refractivity contribution in [2.24, 2.45) is 0 Å². The number of hydrogen-bond donors (Lipinski definition) is 0. The predicted octanol–water partition coefficient (Wildman–Crippen LogP) is 5.43. The molecule has 0 radical (unpaired) electrons. The smallest absolute Gasteiger partial charge is 0.164 e. The van der Waals surface area contributed by atoms with Gasteiger partial charge in [-0.3, -0.25) is 4.79 Å². The van der Waals surface area contributed by atoms with E-state index in [0.717, 1.165) is 6.42 Å². The maximum atomic E-state index is 12.2. The second kappa shape index (κ2) is 6.43. The van der Waals surface area contributed by atoms with Crippen LogP contribution in [0, 0.1) is 13.8 Å². The number of hydrogen-bond acceptors (Lipinski definition) is 1. The Balaban J connectivity index is 2.10. The summed E-state index contributed by atoms with van der Waals surface area (Å²) in [6.07, 6.45) is 1.18. The van der Waals surface area contributed by atoms with Crippen molar-refractivity contribution in [1.82, 2.24) is 0 Å². The minimum absolute atomic E-state index is 0.0487. The van der Waals surface area contributed by atoms with Crippen molar-refractivity contribution in [3.8, 4) is 0 Å². The fraction of sp³-hybridized carbons (Fsp3) is 0.235. The highest BCUT2D eigenvalue weighted by Gasteiger charge is 2.11. The first-order chi connectivity index (χ1) is 9.47. The number of carbonyl (C=O) groups excluding carboxylic acids is 1. The van der Waals surface area contributed by atoms with Crippen LogP contribution in [-0.2, 0) is 6.42 Å². The van der Waals surface area contributed by atoms with Crippen LogP contribution in [0.2, 0.25) is 10.0 Å². The topological polar surface area (TPSA) is 17.1 Å². The SMILES string of the molecule is Cc1ccc(C)c(CCC(=O)c2ccc(Cl)cc2Cl)c1. The fourth-order valence-electron chi connectivity index (χ4n) is 2.17. The third-order valence-electron chi connectivity index (χ3n) is 3.36. The number of benzene rings is 2. The summed E-state index contributed by atoms with van der Waals surface area (Å²) in [4.78, 5) is 12.2. The van der Waals surface area contributed by atoms with Crippen molar-refractivity contribution in [3.05, 3.63) is 68.7 Å². The van der Waals surface area contributed by atoms with Gasteiger partial charge in [0, 0.05) is 17.0 Å². The third-order valence-corrected chi connectivity index (χ3v) is 3.91. The van der Waals surface area contributed by atoms with Crippen LogP contribution in [0.3, 0.4) is 0 Å². The largest absolute Gasteiger partial charge is 0.294 e. The second-order valence-electron chi connectivity index (χ2n) is 4.98. The van der Waals surface area contributed by atoms with E-state index in [0.29, 0.717) is 22.0 Å². The van der Waals surface area contributed by atoms with E-state index in [4.69, 9.17) is 23.2 Å². The number of ketones is 1. The van der Waals surface area contributed by atoms with E-state index in [2.05, 4.69) is 32.0 Å². The molecule has 0 aliphatic rings. The molecule has 0 saturated carbocycles. The van der Waals surface area contributed by atoms with Crippen LogP contribution in [0.15, 0.2) is 36.4 Å². The molecular formula is C17H16Cl2O. The molecule has 0 bridgehead atoms. The molecule has 104 valence electrons. The summed E-state index contributed by atoms with van der Waals surface area (Å²) in [6.45, 7) is 4.12. The monoisotopic (exact) mass is 306 g/mol. The summed E-state index contributed by atoms with van der Waals surface area (Å²) in [5.74, 6) is 0.0487. The zero-order valence-electron chi connectivity index (χ0n) is 11.5. The molecule has 0 aliphatic carbocycles. The molecule has 0 atom stereocenters. The van der Waals surface area contributed by atoms with Gasteiger partial charge in [-0.15, -0.1) is 0 Å². The summed E-state index contributed by atoms with van der Waals surface area (Å²) < 4.78 is 0. The minimum Gasteiger partial charge on any atom is -0.294 e. The lowest BCUT2D eigenvalue weighted by atomic mass is 9.98. The third kappa shape index (κ3) is 3.62. The molecule has 0 amide bonds. The van der Waals surface area contributed by atoms with E-state index in [9.17, 15) is 4.79 Å². The highest BCUT2D eigenvalue weighted by Crippen LogP contribution is 2.23. The molecule has 2 aromatic carbocycles. The Bertz CT molecular complexity index is 647. The van der Waals surface area contributed by atoms with Crippen LogP contribution in [0.1, 0.15) is 33.5 Å². The molecule has 2 aromatic rings. The van der Waals surface area contributed by atoms with E-state index < -0.39 is 0 Å². The van der Waals surface area contributed by atoms with Gasteiger partial charge in [-0.1, -0.05) is 47.0 Å². The average Bonchev–Trinajstić information content (AvgIpc) is 2.39. The zero-order valence-corrected chi connectivity index (χ0v) is 13.1. The van der Waals surface area contributed by atoms with Gasteiger partial charge in [-0.25, -0.2) is 0 Å². The lowest BCUT2D eigenvalue weighted by Gasteiger charge is -2.08.